The minimum Gasteiger partial charge on any atom is -0.508 e. The summed E-state index contributed by atoms with van der Waals surface area (Å²) in [6.45, 7) is 3.64. The third kappa shape index (κ3) is 4.48. The van der Waals surface area contributed by atoms with Gasteiger partial charge in [0.2, 0.25) is 11.8 Å². The molecule has 2 amide bonds. The number of rotatable bonds is 4. The topological polar surface area (TPSA) is 64.1 Å². The van der Waals surface area contributed by atoms with Crippen molar-refractivity contribution < 1.29 is 14.7 Å². The molecule has 1 N–H and O–H groups in total. The number of benzene rings is 2. The van der Waals surface area contributed by atoms with E-state index in [2.05, 4.69) is 4.90 Å². The zero-order valence-electron chi connectivity index (χ0n) is 16.1. The quantitative estimate of drug-likeness (QED) is 0.837. The first kappa shape index (κ1) is 19.6. The van der Waals surface area contributed by atoms with Gasteiger partial charge in [-0.1, -0.05) is 29.8 Å². The first-order valence-corrected chi connectivity index (χ1v) is 10.2. The minimum absolute atomic E-state index is 0.0247. The average molecular weight is 414 g/mol. The predicted molar refractivity (Wildman–Crippen MR) is 112 cm³/mol. The van der Waals surface area contributed by atoms with E-state index in [1.807, 2.05) is 41.3 Å². The number of likely N-dealkylation sites (tertiary alicyclic amines) is 1. The maximum atomic E-state index is 13.0. The van der Waals surface area contributed by atoms with Crippen molar-refractivity contribution in [2.24, 2.45) is 5.92 Å². The summed E-state index contributed by atoms with van der Waals surface area (Å²) in [5.74, 6) is 0.0533. The fourth-order valence-electron chi connectivity index (χ4n) is 4.03. The number of phenolic OH excluding ortho intramolecular Hbond substituents is 1. The van der Waals surface area contributed by atoms with Crippen molar-refractivity contribution in [2.75, 3.05) is 37.6 Å². The maximum Gasteiger partial charge on any atom is 0.228 e. The Bertz CT molecular complexity index is 894. The first-order valence-electron chi connectivity index (χ1n) is 9.84. The van der Waals surface area contributed by atoms with E-state index >= 15 is 0 Å². The molecule has 2 fully saturated rings. The summed E-state index contributed by atoms with van der Waals surface area (Å²) in [7, 11) is 0. The molecule has 1 atom stereocenters. The molecule has 0 spiro atoms. The fourth-order valence-corrected chi connectivity index (χ4v) is 4.16. The number of halogens is 1. The van der Waals surface area contributed by atoms with Gasteiger partial charge < -0.3 is 19.8 Å². The number of hydrogen-bond acceptors (Lipinski definition) is 4. The number of piperazine rings is 1. The predicted octanol–water partition coefficient (Wildman–Crippen LogP) is 2.74. The molecule has 0 bridgehead atoms. The van der Waals surface area contributed by atoms with Gasteiger partial charge in [0, 0.05) is 62.5 Å². The lowest BCUT2D eigenvalue weighted by Crippen LogP contribution is -2.50. The number of amides is 2. The Morgan fingerprint density at radius 1 is 1.07 bits per heavy atom. The number of nitrogens with zero attached hydrogens (tertiary/aromatic N) is 3. The summed E-state index contributed by atoms with van der Waals surface area (Å²) in [6.07, 6.45) is 0.277. The van der Waals surface area contributed by atoms with E-state index in [4.69, 9.17) is 11.6 Å². The molecule has 7 heteroatoms. The molecule has 29 heavy (non-hydrogen) atoms. The highest BCUT2D eigenvalue weighted by atomic mass is 35.5. The highest BCUT2D eigenvalue weighted by molar-refractivity contribution is 6.30. The number of anilines is 1. The lowest BCUT2D eigenvalue weighted by Gasteiger charge is -2.37. The Kier molecular flexibility index (Phi) is 5.62. The largest absolute Gasteiger partial charge is 0.508 e. The number of hydrogen-bond donors (Lipinski definition) is 1. The van der Waals surface area contributed by atoms with Crippen molar-refractivity contribution in [1.29, 1.82) is 0 Å². The standard InChI is InChI=1S/C22H24ClN3O3/c23-18-6-4-16(5-7-18)14-26-15-17(12-21(26)28)22(29)25-10-8-24(9-11-25)19-2-1-3-20(27)13-19/h1-7,13,17,27H,8-12,14-15H2. The fraction of sp³-hybridized carbons (Fsp3) is 0.364. The Hall–Kier alpha value is -2.73. The molecule has 0 saturated carbocycles. The molecular weight excluding hydrogens is 390 g/mol. The van der Waals surface area contributed by atoms with Crippen molar-refractivity contribution in [1.82, 2.24) is 9.80 Å². The van der Waals surface area contributed by atoms with Crippen LogP contribution in [0.4, 0.5) is 5.69 Å². The van der Waals surface area contributed by atoms with Gasteiger partial charge in [0.1, 0.15) is 5.75 Å². The van der Waals surface area contributed by atoms with E-state index in [9.17, 15) is 14.7 Å². The average Bonchev–Trinajstić information content (AvgIpc) is 3.09. The second-order valence-electron chi connectivity index (χ2n) is 7.63. The summed E-state index contributed by atoms with van der Waals surface area (Å²) in [6, 6.07) is 14.6. The minimum atomic E-state index is -0.276. The Morgan fingerprint density at radius 3 is 2.48 bits per heavy atom. The van der Waals surface area contributed by atoms with Gasteiger partial charge in [-0.05, 0) is 29.8 Å². The van der Waals surface area contributed by atoms with Gasteiger partial charge in [-0.3, -0.25) is 9.59 Å². The van der Waals surface area contributed by atoms with Gasteiger partial charge in [-0.15, -0.1) is 0 Å². The molecule has 1 unspecified atom stereocenters. The van der Waals surface area contributed by atoms with Crippen LogP contribution in [-0.4, -0.2) is 59.4 Å². The van der Waals surface area contributed by atoms with Gasteiger partial charge in [-0.2, -0.15) is 0 Å². The van der Waals surface area contributed by atoms with E-state index in [0.717, 1.165) is 11.3 Å². The zero-order chi connectivity index (χ0) is 20.4. The van der Waals surface area contributed by atoms with Crippen LogP contribution in [0.1, 0.15) is 12.0 Å². The van der Waals surface area contributed by atoms with Crippen LogP contribution in [0.15, 0.2) is 48.5 Å². The highest BCUT2D eigenvalue weighted by Crippen LogP contribution is 2.25. The summed E-state index contributed by atoms with van der Waals surface area (Å²) >= 11 is 5.92. The Labute approximate surface area is 175 Å². The van der Waals surface area contributed by atoms with Gasteiger partial charge in [0.25, 0.3) is 0 Å². The zero-order valence-corrected chi connectivity index (χ0v) is 16.9. The number of carbonyl (C=O) groups is 2. The molecular formula is C22H24ClN3O3. The van der Waals surface area contributed by atoms with E-state index in [0.29, 0.717) is 44.3 Å². The van der Waals surface area contributed by atoms with Crippen LogP contribution >= 0.6 is 11.6 Å². The van der Waals surface area contributed by atoms with E-state index in [-0.39, 0.29) is 29.9 Å². The second-order valence-corrected chi connectivity index (χ2v) is 8.07. The van der Waals surface area contributed by atoms with Crippen molar-refractivity contribution in [2.45, 2.75) is 13.0 Å². The van der Waals surface area contributed by atoms with Crippen LogP contribution in [-0.2, 0) is 16.1 Å². The molecule has 0 radical (unpaired) electrons. The normalized spacial score (nSPS) is 19.7. The molecule has 2 aromatic rings. The van der Waals surface area contributed by atoms with Gasteiger partial charge in [0.15, 0.2) is 0 Å². The molecule has 2 aromatic carbocycles. The molecule has 2 heterocycles. The first-order chi connectivity index (χ1) is 14.0. The maximum absolute atomic E-state index is 13.0. The third-order valence-corrected chi connectivity index (χ3v) is 5.89. The van der Waals surface area contributed by atoms with E-state index < -0.39 is 0 Å². The summed E-state index contributed by atoms with van der Waals surface area (Å²) in [4.78, 5) is 31.2. The van der Waals surface area contributed by atoms with Gasteiger partial charge >= 0.3 is 0 Å². The second kappa shape index (κ2) is 8.33. The van der Waals surface area contributed by atoms with E-state index in [1.54, 1.807) is 17.0 Å². The highest BCUT2D eigenvalue weighted by Gasteiger charge is 2.37. The molecule has 4 rings (SSSR count). The lowest BCUT2D eigenvalue weighted by molar-refractivity contribution is -0.136. The van der Waals surface area contributed by atoms with Crippen LogP contribution in [0.5, 0.6) is 5.75 Å². The number of aromatic hydroxyl groups is 1. The molecule has 2 aliphatic heterocycles. The monoisotopic (exact) mass is 413 g/mol. The molecule has 6 nitrogen and oxygen atoms in total. The summed E-state index contributed by atoms with van der Waals surface area (Å²) < 4.78 is 0. The molecule has 2 aliphatic rings. The van der Waals surface area contributed by atoms with E-state index in [1.165, 1.54) is 0 Å². The Morgan fingerprint density at radius 2 is 1.79 bits per heavy atom. The van der Waals surface area contributed by atoms with Crippen molar-refractivity contribution in [3.8, 4) is 5.75 Å². The van der Waals surface area contributed by atoms with Gasteiger partial charge in [0.05, 0.1) is 5.92 Å². The van der Waals surface area contributed by atoms with Crippen LogP contribution in [0, 0.1) is 5.92 Å². The molecule has 0 aromatic heterocycles. The molecule has 152 valence electrons. The van der Waals surface area contributed by atoms with Crippen LogP contribution < -0.4 is 4.90 Å². The number of phenols is 1. The van der Waals surface area contributed by atoms with Crippen LogP contribution in [0.25, 0.3) is 0 Å². The van der Waals surface area contributed by atoms with Crippen LogP contribution in [0.3, 0.4) is 0 Å². The third-order valence-electron chi connectivity index (χ3n) is 5.64. The summed E-state index contributed by atoms with van der Waals surface area (Å²) in [5.41, 5.74) is 1.97. The number of carbonyl (C=O) groups excluding carboxylic acids is 2. The van der Waals surface area contributed by atoms with Crippen molar-refractivity contribution in [3.05, 3.63) is 59.1 Å². The van der Waals surface area contributed by atoms with Crippen molar-refractivity contribution in [3.63, 3.8) is 0 Å². The van der Waals surface area contributed by atoms with Crippen molar-refractivity contribution >= 4 is 29.1 Å². The molecule has 0 aliphatic carbocycles. The van der Waals surface area contributed by atoms with Crippen LogP contribution in [0.2, 0.25) is 5.02 Å². The Balaban J connectivity index is 1.32. The smallest absolute Gasteiger partial charge is 0.228 e. The summed E-state index contributed by atoms with van der Waals surface area (Å²) in [5, 5.41) is 10.3. The lowest BCUT2D eigenvalue weighted by atomic mass is 10.1. The SMILES string of the molecule is O=C1CC(C(=O)N2CCN(c3cccc(O)c3)CC2)CN1Cc1ccc(Cl)cc1. The van der Waals surface area contributed by atoms with Gasteiger partial charge in [-0.25, -0.2) is 0 Å². The molecule has 2 saturated heterocycles.